The molecule has 1 unspecified atom stereocenters. The smallest absolute Gasteiger partial charge is 0.338 e. The first-order valence-corrected chi connectivity index (χ1v) is 9.36. The summed E-state index contributed by atoms with van der Waals surface area (Å²) in [6.45, 7) is 1.66. The molecule has 26 heavy (non-hydrogen) atoms. The summed E-state index contributed by atoms with van der Waals surface area (Å²) in [5.41, 5.74) is -0.163. The fraction of sp³-hybridized carbons (Fsp3) is 0.600. The van der Waals surface area contributed by atoms with Crippen molar-refractivity contribution in [1.29, 1.82) is 0 Å². The van der Waals surface area contributed by atoms with Gasteiger partial charge in [-0.3, -0.25) is 14.9 Å². The van der Waals surface area contributed by atoms with Crippen molar-refractivity contribution in [2.45, 2.75) is 51.6 Å². The number of benzene rings is 1. The molecule has 0 saturated heterocycles. The number of nitro groups is 1. The predicted molar refractivity (Wildman–Crippen MR) is 93.6 cm³/mol. The van der Waals surface area contributed by atoms with Crippen molar-refractivity contribution in [2.75, 3.05) is 0 Å². The molecule has 0 amide bonds. The molecule has 4 bridgehead atoms. The Balaban J connectivity index is 1.44. The summed E-state index contributed by atoms with van der Waals surface area (Å²) in [5.74, 6) is 1.42. The molecule has 1 aromatic rings. The number of hydrogen-bond donors (Lipinski definition) is 0. The van der Waals surface area contributed by atoms with Crippen LogP contribution in [0.1, 0.15) is 55.8 Å². The van der Waals surface area contributed by atoms with E-state index in [0.29, 0.717) is 17.8 Å². The summed E-state index contributed by atoms with van der Waals surface area (Å²) in [6.07, 6.45) is 5.80. The molecule has 1 aromatic carbocycles. The van der Waals surface area contributed by atoms with Crippen LogP contribution in [0.2, 0.25) is 0 Å². The Morgan fingerprint density at radius 2 is 1.58 bits per heavy atom. The second kappa shape index (κ2) is 6.18. The van der Waals surface area contributed by atoms with Crippen LogP contribution >= 0.6 is 0 Å². The number of ether oxygens (including phenoxy) is 1. The van der Waals surface area contributed by atoms with E-state index in [4.69, 9.17) is 4.74 Å². The van der Waals surface area contributed by atoms with Crippen LogP contribution in [0, 0.1) is 33.3 Å². The lowest BCUT2D eigenvalue weighted by atomic mass is 9.48. The third-order valence-corrected chi connectivity index (χ3v) is 6.53. The first kappa shape index (κ1) is 17.2. The van der Waals surface area contributed by atoms with Crippen LogP contribution in [-0.2, 0) is 9.53 Å². The predicted octanol–water partition coefficient (Wildman–Crippen LogP) is 3.93. The second-order valence-electron chi connectivity index (χ2n) is 8.41. The Morgan fingerprint density at radius 3 is 2.04 bits per heavy atom. The van der Waals surface area contributed by atoms with Gasteiger partial charge >= 0.3 is 5.97 Å². The number of carbonyl (C=O) groups excluding carboxylic acids is 2. The number of nitro benzene ring substituents is 1. The van der Waals surface area contributed by atoms with Crippen LogP contribution in [0.15, 0.2) is 24.3 Å². The number of ketones is 1. The number of hydrogen-bond acceptors (Lipinski definition) is 5. The topological polar surface area (TPSA) is 86.5 Å². The molecule has 0 N–H and O–H groups in total. The van der Waals surface area contributed by atoms with Crippen LogP contribution in [0.4, 0.5) is 5.69 Å². The SMILES string of the molecule is CC(OC(=O)c1ccc([N+](=O)[O-])cc1)C(=O)C12CC3CC(CC(C3)C1)C2. The lowest BCUT2D eigenvalue weighted by molar-refractivity contribution is -0.384. The molecule has 0 heterocycles. The third-order valence-electron chi connectivity index (χ3n) is 6.53. The van der Waals surface area contributed by atoms with Crippen LogP contribution in [0.25, 0.3) is 0 Å². The van der Waals surface area contributed by atoms with Gasteiger partial charge in [-0.1, -0.05) is 0 Å². The Bertz CT molecular complexity index is 719. The van der Waals surface area contributed by atoms with E-state index in [2.05, 4.69) is 0 Å². The highest BCUT2D eigenvalue weighted by molar-refractivity contribution is 5.94. The molecule has 1 atom stereocenters. The maximum absolute atomic E-state index is 13.1. The number of esters is 1. The molecule has 4 saturated carbocycles. The minimum atomic E-state index is -0.783. The fourth-order valence-electron chi connectivity index (χ4n) is 5.84. The zero-order valence-electron chi connectivity index (χ0n) is 14.8. The molecule has 6 heteroatoms. The van der Waals surface area contributed by atoms with E-state index in [1.807, 2.05) is 0 Å². The molecule has 4 aliphatic rings. The van der Waals surface area contributed by atoms with Gasteiger partial charge < -0.3 is 4.74 Å². The summed E-state index contributed by atoms with van der Waals surface area (Å²) < 4.78 is 5.43. The van der Waals surface area contributed by atoms with Crippen molar-refractivity contribution in [2.24, 2.45) is 23.2 Å². The minimum Gasteiger partial charge on any atom is -0.451 e. The fourth-order valence-corrected chi connectivity index (χ4v) is 5.84. The van der Waals surface area contributed by atoms with Crippen LogP contribution in [-0.4, -0.2) is 22.8 Å². The highest BCUT2D eigenvalue weighted by Gasteiger charge is 2.55. The van der Waals surface area contributed by atoms with Crippen LogP contribution in [0.5, 0.6) is 0 Å². The van der Waals surface area contributed by atoms with Gasteiger partial charge in [0, 0.05) is 17.5 Å². The van der Waals surface area contributed by atoms with Gasteiger partial charge in [-0.05, 0) is 75.3 Å². The standard InChI is InChI=1S/C20H23NO5/c1-12(26-19(23)16-2-4-17(5-3-16)21(24)25)18(22)20-9-13-6-14(10-20)8-15(7-13)11-20/h2-5,12-15H,6-11H2,1H3. The highest BCUT2D eigenvalue weighted by Crippen LogP contribution is 2.60. The minimum absolute atomic E-state index is 0.0619. The number of non-ortho nitro benzene ring substituents is 1. The molecule has 6 nitrogen and oxygen atoms in total. The lowest BCUT2D eigenvalue weighted by Crippen LogP contribution is -2.52. The van der Waals surface area contributed by atoms with Gasteiger partial charge in [-0.15, -0.1) is 0 Å². The molecule has 4 fully saturated rings. The summed E-state index contributed by atoms with van der Waals surface area (Å²) in [6, 6.07) is 5.26. The molecular weight excluding hydrogens is 334 g/mol. The summed E-state index contributed by atoms with van der Waals surface area (Å²) in [7, 11) is 0. The van der Waals surface area contributed by atoms with E-state index in [1.165, 1.54) is 43.5 Å². The van der Waals surface area contributed by atoms with Gasteiger partial charge in [0.05, 0.1) is 10.5 Å². The number of nitrogens with zero attached hydrogens (tertiary/aromatic N) is 1. The molecular formula is C20H23NO5. The normalized spacial score (nSPS) is 32.9. The van der Waals surface area contributed by atoms with Gasteiger partial charge in [0.1, 0.15) is 0 Å². The maximum atomic E-state index is 13.1. The zero-order chi connectivity index (χ0) is 18.5. The molecule has 5 rings (SSSR count). The Labute approximate surface area is 152 Å². The molecule has 0 spiro atoms. The Kier molecular flexibility index (Phi) is 4.09. The van der Waals surface area contributed by atoms with Crippen molar-refractivity contribution in [3.8, 4) is 0 Å². The Morgan fingerprint density at radius 1 is 1.08 bits per heavy atom. The van der Waals surface area contributed by atoms with Crippen molar-refractivity contribution in [1.82, 2.24) is 0 Å². The van der Waals surface area contributed by atoms with Gasteiger partial charge in [0.25, 0.3) is 5.69 Å². The van der Waals surface area contributed by atoms with E-state index in [1.54, 1.807) is 6.92 Å². The maximum Gasteiger partial charge on any atom is 0.338 e. The monoisotopic (exact) mass is 357 g/mol. The molecule has 0 aromatic heterocycles. The van der Waals surface area contributed by atoms with Gasteiger partial charge in [0.2, 0.25) is 0 Å². The number of rotatable bonds is 5. The van der Waals surface area contributed by atoms with Gasteiger partial charge in [-0.2, -0.15) is 0 Å². The van der Waals surface area contributed by atoms with Crippen LogP contribution < -0.4 is 0 Å². The van der Waals surface area contributed by atoms with Crippen molar-refractivity contribution in [3.05, 3.63) is 39.9 Å². The first-order valence-electron chi connectivity index (χ1n) is 9.36. The zero-order valence-corrected chi connectivity index (χ0v) is 14.8. The summed E-state index contributed by atoms with van der Waals surface area (Å²) in [4.78, 5) is 35.6. The average Bonchev–Trinajstić information content (AvgIpc) is 2.59. The molecule has 138 valence electrons. The van der Waals surface area contributed by atoms with Gasteiger partial charge in [0.15, 0.2) is 11.9 Å². The summed E-state index contributed by atoms with van der Waals surface area (Å²) >= 11 is 0. The first-order chi connectivity index (χ1) is 12.4. The second-order valence-corrected chi connectivity index (χ2v) is 8.41. The van der Waals surface area contributed by atoms with Crippen molar-refractivity contribution >= 4 is 17.4 Å². The quantitative estimate of drug-likeness (QED) is 0.453. The largest absolute Gasteiger partial charge is 0.451 e. The Hall–Kier alpha value is -2.24. The number of carbonyl (C=O) groups is 2. The lowest BCUT2D eigenvalue weighted by Gasteiger charge is -2.56. The van der Waals surface area contributed by atoms with Gasteiger partial charge in [-0.25, -0.2) is 4.79 Å². The van der Waals surface area contributed by atoms with E-state index >= 15 is 0 Å². The van der Waals surface area contributed by atoms with Crippen molar-refractivity contribution in [3.63, 3.8) is 0 Å². The third kappa shape index (κ3) is 2.91. The average molecular weight is 357 g/mol. The van der Waals surface area contributed by atoms with Crippen LogP contribution in [0.3, 0.4) is 0 Å². The number of Topliss-reactive ketones (excluding diaryl/α,β-unsaturated/α-hetero) is 1. The molecule has 4 aliphatic carbocycles. The van der Waals surface area contributed by atoms with E-state index in [-0.39, 0.29) is 22.4 Å². The molecule has 0 aliphatic heterocycles. The van der Waals surface area contributed by atoms with Crippen molar-refractivity contribution < 1.29 is 19.2 Å². The molecule has 0 radical (unpaired) electrons. The van der Waals surface area contributed by atoms with E-state index in [0.717, 1.165) is 19.3 Å². The van der Waals surface area contributed by atoms with E-state index in [9.17, 15) is 19.7 Å². The highest BCUT2D eigenvalue weighted by atomic mass is 16.6. The van der Waals surface area contributed by atoms with E-state index < -0.39 is 17.0 Å². The summed E-state index contributed by atoms with van der Waals surface area (Å²) in [5, 5.41) is 10.7.